The van der Waals surface area contributed by atoms with Crippen molar-refractivity contribution in [2.45, 2.75) is 210 Å². The van der Waals surface area contributed by atoms with Gasteiger partial charge in [0, 0.05) is 115 Å². The Morgan fingerprint density at radius 1 is 0.409 bits per heavy atom. The van der Waals surface area contributed by atoms with Gasteiger partial charge in [0.25, 0.3) is 0 Å². The molecule has 28 atom stereocenters. The Labute approximate surface area is 871 Å². The molecule has 4 aromatic heterocycles. The Bertz CT molecular complexity index is 6300. The van der Waals surface area contributed by atoms with E-state index in [9.17, 15) is 68.3 Å². The van der Waals surface area contributed by atoms with Crippen molar-refractivity contribution in [3.05, 3.63) is 241 Å². The number of carbonyl (C=O) groups excluding carboxylic acids is 6. The van der Waals surface area contributed by atoms with E-state index in [1.165, 1.54) is 48.5 Å². The molecule has 4 aliphatic heterocycles. The van der Waals surface area contributed by atoms with Gasteiger partial charge in [0.15, 0.2) is 0 Å². The van der Waals surface area contributed by atoms with Crippen LogP contribution in [-0.4, -0.2) is 193 Å². The van der Waals surface area contributed by atoms with Crippen LogP contribution < -0.4 is 31.3 Å². The second-order valence-corrected chi connectivity index (χ2v) is 47.1. The Morgan fingerprint density at radius 2 is 0.738 bits per heavy atom. The van der Waals surface area contributed by atoms with Crippen molar-refractivity contribution in [3.63, 3.8) is 0 Å². The van der Waals surface area contributed by atoms with Gasteiger partial charge in [0.2, 0.25) is 31.9 Å². The summed E-state index contributed by atoms with van der Waals surface area (Å²) in [7, 11) is -3.08. The first kappa shape index (κ1) is 108. The van der Waals surface area contributed by atoms with E-state index in [1.54, 1.807) is 81.2 Å². The highest BCUT2D eigenvalue weighted by Gasteiger charge is 2.61. The summed E-state index contributed by atoms with van der Waals surface area (Å²) in [6.07, 6.45) is 36.3. The number of aromatic nitrogens is 4. The highest BCUT2D eigenvalue weighted by atomic mass is 32.2. The third kappa shape index (κ3) is 24.9. The Morgan fingerprint density at radius 3 is 1.07 bits per heavy atom. The van der Waals surface area contributed by atoms with Crippen molar-refractivity contribution in [2.24, 2.45) is 107 Å². The molecule has 12 aliphatic rings. The number of alkyl carbamates (subject to hydrolysis) is 4. The molecule has 0 unspecified atom stereocenters. The maximum absolute atomic E-state index is 13.6. The third-order valence-electron chi connectivity index (χ3n) is 34.4. The molecule has 12 fully saturated rings. The molecule has 8 heterocycles. The summed E-state index contributed by atoms with van der Waals surface area (Å²) in [5.74, 6) is 2.60. The van der Waals surface area contributed by atoms with Gasteiger partial charge < -0.3 is 55.5 Å². The van der Waals surface area contributed by atoms with Crippen molar-refractivity contribution < 1.29 is 87.2 Å². The van der Waals surface area contributed by atoms with Gasteiger partial charge in [0.05, 0.1) is 72.4 Å². The molecule has 4 saturated heterocycles. The van der Waals surface area contributed by atoms with E-state index in [4.69, 9.17) is 18.9 Å². The number of aliphatic hydroxyl groups is 1. The first-order valence-corrected chi connectivity index (χ1v) is 56.3. The van der Waals surface area contributed by atoms with E-state index in [0.717, 1.165) is 170 Å². The van der Waals surface area contributed by atoms with E-state index in [2.05, 4.69) is 88.5 Å². The van der Waals surface area contributed by atoms with Crippen molar-refractivity contribution in [1.29, 1.82) is 0 Å². The van der Waals surface area contributed by atoms with Gasteiger partial charge >= 0.3 is 24.4 Å². The number of likely N-dealkylation sites (tertiary alicyclic amines) is 1. The summed E-state index contributed by atoms with van der Waals surface area (Å²) in [5.41, 5.74) is 9.69. The molecule has 33 heteroatoms. The largest absolute Gasteiger partial charge is 0.450 e. The molecule has 27 nitrogen and oxygen atoms in total. The predicted molar refractivity (Wildman–Crippen MR) is 564 cm³/mol. The maximum atomic E-state index is 13.6. The average Bonchev–Trinajstić information content (AvgIpc) is 1.63. The van der Waals surface area contributed by atoms with Crippen LogP contribution in [0.3, 0.4) is 0 Å². The summed E-state index contributed by atoms with van der Waals surface area (Å²) in [6, 6.07) is 41.3. The summed E-state index contributed by atoms with van der Waals surface area (Å²) in [4.78, 5) is 94.1. The van der Waals surface area contributed by atoms with Crippen LogP contribution in [0.1, 0.15) is 174 Å². The van der Waals surface area contributed by atoms with Crippen LogP contribution in [0.4, 0.5) is 36.7 Å². The minimum Gasteiger partial charge on any atom is -0.450 e. The lowest BCUT2D eigenvalue weighted by molar-refractivity contribution is -0.130. The van der Waals surface area contributed by atoms with Crippen molar-refractivity contribution in [2.75, 3.05) is 47.1 Å². The molecule has 8 saturated carbocycles. The topological polar surface area (TPSA) is 358 Å². The summed E-state index contributed by atoms with van der Waals surface area (Å²) in [6.45, 7) is 14.2. The lowest BCUT2D eigenvalue weighted by atomic mass is 9.56. The minimum atomic E-state index is -3.37. The highest BCUT2D eigenvalue weighted by Crippen LogP contribution is 2.58. The molecule has 7 N–H and O–H groups in total. The highest BCUT2D eigenvalue weighted by molar-refractivity contribution is 7.90. The van der Waals surface area contributed by atoms with Gasteiger partial charge in [-0.25, -0.2) is 62.6 Å². The zero-order valence-electron chi connectivity index (χ0n) is 86.0. The number of rotatable bonds is 21. The molecule has 8 aromatic rings. The average molecular weight is 2080 g/mol. The number of hydrogen-bond acceptors (Lipinski definition) is 19. The van der Waals surface area contributed by atoms with E-state index in [0.29, 0.717) is 73.8 Å². The number of halogens is 4. The normalized spacial score (nSPS) is 31.8. The number of ether oxygens (including phenoxy) is 4. The van der Waals surface area contributed by atoms with Crippen molar-refractivity contribution in [1.82, 2.24) is 60.4 Å². The summed E-state index contributed by atoms with van der Waals surface area (Å²) >= 11 is 0. The smallest absolute Gasteiger partial charge is 0.407 e. The van der Waals surface area contributed by atoms with E-state index in [-0.39, 0.29) is 174 Å². The van der Waals surface area contributed by atoms with Crippen molar-refractivity contribution in [3.8, 4) is 44.5 Å². The molecule has 4 aromatic carbocycles. The van der Waals surface area contributed by atoms with Gasteiger partial charge in [-0.05, 0) is 358 Å². The number of hydrogen-bond donors (Lipinski definition) is 7. The lowest BCUT2D eigenvalue weighted by Crippen LogP contribution is -2.50. The van der Waals surface area contributed by atoms with Gasteiger partial charge in [-0.3, -0.25) is 29.5 Å². The van der Waals surface area contributed by atoms with Gasteiger partial charge in [0.1, 0.15) is 23.3 Å². The number of aliphatic hydroxyl groups excluding tert-OH is 1. The predicted octanol–water partition coefficient (Wildman–Crippen LogP) is 19.6. The fraction of sp³-hybridized carbons (Fsp3) is 0.500. The quantitative estimate of drug-likeness (QED) is 0.0259. The second-order valence-electron chi connectivity index (χ2n) is 42.6. The van der Waals surface area contributed by atoms with E-state index >= 15 is 0 Å². The number of fused-ring (bicyclic) bond motifs is 8. The number of benzene rings is 4. The first-order chi connectivity index (χ1) is 71.7. The number of allylic oxidation sites excluding steroid dienone is 4. The first-order valence-electron chi connectivity index (χ1n) is 53.3. The second kappa shape index (κ2) is 48.1. The fourth-order valence-electron chi connectivity index (χ4n) is 27.6. The van der Waals surface area contributed by atoms with Gasteiger partial charge in [-0.1, -0.05) is 104 Å². The number of pyridine rings is 4. The molecule has 0 bridgehead atoms. The molecule has 149 heavy (non-hydrogen) atoms. The SMILES string of the molecule is CCOC(=O)N[C@@H]1CC[C@@H]2[C@@H](C1)C[C@@H]1[C@H]([C@H]2/C=C/c2ccc(-c3cccc(F)c3)cn2)[C@@H](C)C(=O)N1C.CCOC(=O)N[C@@H]1CC[C@@H]2[C@@H](C1)C[C@@H]1[C@H]([C@H]2/C=C/c2ccc(-c3cccc(F)c3)cn2)[C@@H](C)S(=O)(=O)N1C.CCOC(=O)N[C@@H]1CC[C@@H]2[C@@H](C1)C[C@H]1C(=O)N[C@H](CO)[C@H]1[C@H]2/C=C/c1ccc(-c2cccc(F)c2)cn1.CCOC(=O)N[C@@H]1CC[C@@H]2[C@@H](C1)C[C@H]1NS(=O)(=O)[C@H](C)[C@H]1[C@H]2/C=C/c1ccc(-c2cccc(F)c2)cn1. The number of amides is 6. The molecular weight excluding hydrogens is 1940 g/mol. The van der Waals surface area contributed by atoms with E-state index < -0.39 is 30.5 Å². The number of sulfonamides is 2. The molecule has 8 aliphatic carbocycles. The van der Waals surface area contributed by atoms with Crippen LogP contribution in [0.5, 0.6) is 0 Å². The maximum Gasteiger partial charge on any atom is 0.407 e. The molecule has 20 rings (SSSR count). The fourth-order valence-corrected chi connectivity index (χ4v) is 31.2. The Kier molecular flexibility index (Phi) is 34.9. The standard InChI is InChI=1S/C30H36FN3O3.C29H36FN3O4S.C29H34FN3O4.C28H34FN3O4S/c1-4-37-30(36)33-24-11-12-25-21(15-24)16-27-28(18(2)29(35)34(27)3)26(25)13-10-23-9-8-20(17-32-23)19-6-5-7-22(31)14-19;1-4-37-29(34)32-24-11-12-25-21(15-24)16-27-28(18(2)38(35,36)33(27)3)26(25)13-10-23-9-8-20(17-31-23)19-6-5-7-22(30)14-19;1-2-37-29(36)32-22-9-10-23-19(13-22)14-25-27(26(16-34)33-28(25)35)24(23)11-8-21-7-6-18(15-31-21)17-4-3-5-20(30)12-17;1-3-36-28(33)31-23-10-11-24-20(14-23)15-26-27(17(2)37(34,35)32-26)25(24)12-9-22-8-7-19(16-30-22)18-5-4-6-21(29)13-18/h5-10,13-14,17-18,21,24-28H,4,11-12,15-16H2,1-3H3,(H,33,36);5-10,13-14,17-18,21,24-28H,4,11-12,15-16H2,1-3H3,(H,32,34);3-8,11-12,15,19,22-27,34H,2,9-10,13-14,16H2,1H3,(H,32,36)(H,33,35);4-9,12-13,16-17,20,23-27,32H,3,10-11,14-15H2,1-2H3,(H,31,33)/b2*13-10+;11-8+;12-9+/t2*18-,21+,24-,25-,26+,27-,28+;19-,22+,23+,24-,25+,26+,27-;17-,20+,23-,24-,25+,26-,27+/m1101/s1. The van der Waals surface area contributed by atoms with Crippen LogP contribution in [0.15, 0.2) is 195 Å². The monoisotopic (exact) mass is 2080 g/mol. The van der Waals surface area contributed by atoms with Crippen LogP contribution in [0.2, 0.25) is 0 Å². The van der Waals surface area contributed by atoms with E-state index in [1.807, 2.05) is 124 Å². The van der Waals surface area contributed by atoms with Gasteiger partial charge in [-0.2, -0.15) is 0 Å². The summed E-state index contributed by atoms with van der Waals surface area (Å²) < 4.78 is 131. The Balaban J connectivity index is 0.000000135. The molecule has 0 radical (unpaired) electrons. The molecular formula is C116H140F4N12O15S2. The molecule has 6 amide bonds. The Hall–Kier alpha value is -12.0. The van der Waals surface area contributed by atoms with Gasteiger partial charge in [-0.15, -0.1) is 0 Å². The van der Waals surface area contributed by atoms with Crippen LogP contribution in [0, 0.1) is 130 Å². The number of carbonyl (C=O) groups is 6. The van der Waals surface area contributed by atoms with Crippen LogP contribution in [-0.2, 0) is 48.6 Å². The third-order valence-corrected chi connectivity index (χ3v) is 38.7. The van der Waals surface area contributed by atoms with Crippen molar-refractivity contribution >= 4 is 80.5 Å². The molecule has 794 valence electrons. The zero-order chi connectivity index (χ0) is 105. The number of nitrogens with zero attached hydrogens (tertiary/aromatic N) is 6. The lowest BCUT2D eigenvalue weighted by Gasteiger charge is -2.49. The summed E-state index contributed by atoms with van der Waals surface area (Å²) in [5, 5.41) is 24.1. The minimum absolute atomic E-state index is 0.00336. The van der Waals surface area contributed by atoms with Crippen LogP contribution >= 0.6 is 0 Å². The molecule has 0 spiro atoms. The zero-order valence-corrected chi connectivity index (χ0v) is 87.6. The number of nitrogens with one attached hydrogen (secondary N) is 6. The van der Waals surface area contributed by atoms with Crippen LogP contribution in [0.25, 0.3) is 68.8 Å².